The second-order valence-electron chi connectivity index (χ2n) is 9.03. The average molecular weight is 448 g/mol. The van der Waals surface area contributed by atoms with Crippen molar-refractivity contribution in [3.63, 3.8) is 0 Å². The Kier molecular flexibility index (Phi) is 6.18. The largest absolute Gasteiger partial charge is 0.497 e. The van der Waals surface area contributed by atoms with E-state index in [1.54, 1.807) is 7.11 Å². The Morgan fingerprint density at radius 2 is 1.56 bits per heavy atom. The molecule has 0 aliphatic heterocycles. The summed E-state index contributed by atoms with van der Waals surface area (Å²) in [5, 5.41) is 0. The van der Waals surface area contributed by atoms with Crippen LogP contribution in [0.4, 0.5) is 0 Å². The molecular weight excluding hydrogens is 418 g/mol. The summed E-state index contributed by atoms with van der Waals surface area (Å²) >= 11 is 0. The molecule has 1 amide bonds. The number of hydrogen-bond donors (Lipinski definition) is 0. The quantitative estimate of drug-likeness (QED) is 0.339. The molecule has 0 heterocycles. The van der Waals surface area contributed by atoms with Gasteiger partial charge in [-0.3, -0.25) is 4.79 Å². The van der Waals surface area contributed by atoms with Crippen molar-refractivity contribution in [2.24, 2.45) is 0 Å². The van der Waals surface area contributed by atoms with E-state index in [1.807, 2.05) is 36.4 Å². The number of benzene rings is 4. The van der Waals surface area contributed by atoms with Gasteiger partial charge in [0.1, 0.15) is 5.75 Å². The van der Waals surface area contributed by atoms with Gasteiger partial charge in [-0.05, 0) is 65.8 Å². The van der Waals surface area contributed by atoms with Crippen molar-refractivity contribution in [3.05, 3.63) is 125 Å². The third-order valence-electron chi connectivity index (χ3n) is 6.71. The highest BCUT2D eigenvalue weighted by atomic mass is 16.5. The van der Waals surface area contributed by atoms with Gasteiger partial charge < -0.3 is 9.64 Å². The first-order valence-electron chi connectivity index (χ1n) is 11.8. The lowest BCUT2D eigenvalue weighted by atomic mass is 9.97. The van der Waals surface area contributed by atoms with Gasteiger partial charge in [0.05, 0.1) is 12.7 Å². The number of hydrogen-bond acceptors (Lipinski definition) is 2. The van der Waals surface area contributed by atoms with Gasteiger partial charge in [-0.1, -0.05) is 84.4 Å². The minimum Gasteiger partial charge on any atom is -0.497 e. The molecule has 3 nitrogen and oxygen atoms in total. The molecular formula is C31H29NO2. The van der Waals surface area contributed by atoms with Crippen molar-refractivity contribution >= 4 is 5.91 Å². The molecule has 0 bridgehead atoms. The van der Waals surface area contributed by atoms with E-state index in [9.17, 15) is 4.79 Å². The fraction of sp³-hybridized carbons (Fsp3) is 0.194. The van der Waals surface area contributed by atoms with Crippen molar-refractivity contribution in [2.45, 2.75) is 32.4 Å². The standard InChI is InChI=1S/C31H29NO2/c1-22-9-8-10-23(17-22)21-32(27-18-25-13-6-7-14-26(25)19-27)31(33)30-20-28(34-2)15-16-29(30)24-11-4-3-5-12-24/h3-17,20,27H,18-19,21H2,1-2H3. The summed E-state index contributed by atoms with van der Waals surface area (Å²) in [4.78, 5) is 16.4. The molecule has 0 saturated carbocycles. The zero-order chi connectivity index (χ0) is 23.5. The first-order chi connectivity index (χ1) is 16.6. The number of ether oxygens (including phenoxy) is 1. The molecule has 34 heavy (non-hydrogen) atoms. The fourth-order valence-electron chi connectivity index (χ4n) is 4.98. The fourth-order valence-corrected chi connectivity index (χ4v) is 4.98. The Balaban J connectivity index is 1.57. The van der Waals surface area contributed by atoms with Crippen LogP contribution < -0.4 is 4.74 Å². The summed E-state index contributed by atoms with van der Waals surface area (Å²) in [5.74, 6) is 0.727. The summed E-state index contributed by atoms with van der Waals surface area (Å²) < 4.78 is 5.52. The van der Waals surface area contributed by atoms with Gasteiger partial charge in [0.15, 0.2) is 0 Å². The van der Waals surface area contributed by atoms with Gasteiger partial charge in [-0.15, -0.1) is 0 Å². The third-order valence-corrected chi connectivity index (χ3v) is 6.71. The van der Waals surface area contributed by atoms with Crippen LogP contribution in [0.15, 0.2) is 97.1 Å². The van der Waals surface area contributed by atoms with Gasteiger partial charge in [-0.25, -0.2) is 0 Å². The number of aryl methyl sites for hydroxylation is 1. The van der Waals surface area contributed by atoms with Crippen LogP contribution >= 0.6 is 0 Å². The molecule has 4 aromatic rings. The maximum absolute atomic E-state index is 14.3. The van der Waals surface area contributed by atoms with Crippen molar-refractivity contribution in [3.8, 4) is 16.9 Å². The van der Waals surface area contributed by atoms with E-state index in [0.717, 1.165) is 29.5 Å². The van der Waals surface area contributed by atoms with E-state index in [4.69, 9.17) is 4.74 Å². The zero-order valence-electron chi connectivity index (χ0n) is 19.7. The van der Waals surface area contributed by atoms with E-state index in [2.05, 4.69) is 72.5 Å². The number of nitrogens with zero attached hydrogens (tertiary/aromatic N) is 1. The highest BCUT2D eigenvalue weighted by Crippen LogP contribution is 2.32. The number of rotatable bonds is 6. The number of methoxy groups -OCH3 is 1. The molecule has 170 valence electrons. The predicted molar refractivity (Wildman–Crippen MR) is 137 cm³/mol. The SMILES string of the molecule is COc1ccc(-c2ccccc2)c(C(=O)N(Cc2cccc(C)c2)C2Cc3ccccc3C2)c1. The van der Waals surface area contributed by atoms with Crippen LogP contribution in [-0.4, -0.2) is 24.0 Å². The lowest BCUT2D eigenvalue weighted by Gasteiger charge is -2.30. The molecule has 0 fully saturated rings. The highest BCUT2D eigenvalue weighted by molar-refractivity contribution is 6.01. The molecule has 0 unspecified atom stereocenters. The summed E-state index contributed by atoms with van der Waals surface area (Å²) in [6.07, 6.45) is 1.75. The van der Waals surface area contributed by atoms with E-state index in [-0.39, 0.29) is 11.9 Å². The Labute approximate surface area is 201 Å². The predicted octanol–water partition coefficient (Wildman–Crippen LogP) is 6.48. The van der Waals surface area contributed by atoms with E-state index >= 15 is 0 Å². The van der Waals surface area contributed by atoms with Gasteiger partial charge in [-0.2, -0.15) is 0 Å². The van der Waals surface area contributed by atoms with Crippen molar-refractivity contribution in [1.29, 1.82) is 0 Å². The Hall–Kier alpha value is -3.85. The number of fused-ring (bicyclic) bond motifs is 1. The Morgan fingerprint density at radius 1 is 0.853 bits per heavy atom. The molecule has 4 aromatic carbocycles. The van der Waals surface area contributed by atoms with Gasteiger partial charge in [0, 0.05) is 12.6 Å². The maximum atomic E-state index is 14.3. The normalized spacial score (nSPS) is 12.9. The first-order valence-corrected chi connectivity index (χ1v) is 11.8. The molecule has 0 aromatic heterocycles. The lowest BCUT2D eigenvalue weighted by Crippen LogP contribution is -2.40. The van der Waals surface area contributed by atoms with Crippen LogP contribution in [0.1, 0.15) is 32.6 Å². The molecule has 0 N–H and O–H groups in total. The van der Waals surface area contributed by atoms with Gasteiger partial charge >= 0.3 is 0 Å². The van der Waals surface area contributed by atoms with Crippen LogP contribution in [0.5, 0.6) is 5.75 Å². The molecule has 0 atom stereocenters. The maximum Gasteiger partial charge on any atom is 0.255 e. The molecule has 0 radical (unpaired) electrons. The second-order valence-corrected chi connectivity index (χ2v) is 9.03. The minimum atomic E-state index is 0.0389. The monoisotopic (exact) mass is 447 g/mol. The number of amides is 1. The molecule has 0 spiro atoms. The van der Waals surface area contributed by atoms with Crippen molar-refractivity contribution in [2.75, 3.05) is 7.11 Å². The summed E-state index contributed by atoms with van der Waals surface area (Å²) in [6, 6.07) is 33.0. The van der Waals surface area contributed by atoms with Gasteiger partial charge in [0.2, 0.25) is 0 Å². The third kappa shape index (κ3) is 4.47. The molecule has 1 aliphatic carbocycles. The summed E-state index contributed by atoms with van der Waals surface area (Å²) in [7, 11) is 1.64. The minimum absolute atomic E-state index is 0.0389. The molecule has 1 aliphatic rings. The lowest BCUT2D eigenvalue weighted by molar-refractivity contribution is 0.0668. The van der Waals surface area contributed by atoms with E-state index in [0.29, 0.717) is 17.9 Å². The molecule has 5 rings (SSSR count). The Bertz CT molecular complexity index is 1290. The van der Waals surface area contributed by atoms with E-state index < -0.39 is 0 Å². The number of carbonyl (C=O) groups excluding carboxylic acids is 1. The van der Waals surface area contributed by atoms with Crippen LogP contribution in [0, 0.1) is 6.92 Å². The van der Waals surface area contributed by atoms with Gasteiger partial charge in [0.25, 0.3) is 5.91 Å². The second kappa shape index (κ2) is 9.56. The van der Waals surface area contributed by atoms with Crippen LogP contribution in [0.25, 0.3) is 11.1 Å². The summed E-state index contributed by atoms with van der Waals surface area (Å²) in [6.45, 7) is 2.67. The highest BCUT2D eigenvalue weighted by Gasteiger charge is 2.31. The zero-order valence-corrected chi connectivity index (χ0v) is 19.7. The van der Waals surface area contributed by atoms with E-state index in [1.165, 1.54) is 16.7 Å². The van der Waals surface area contributed by atoms with Crippen LogP contribution in [0.3, 0.4) is 0 Å². The Morgan fingerprint density at radius 3 is 2.24 bits per heavy atom. The first kappa shape index (κ1) is 22.0. The van der Waals surface area contributed by atoms with Crippen LogP contribution in [0.2, 0.25) is 0 Å². The molecule has 3 heteroatoms. The summed E-state index contributed by atoms with van der Waals surface area (Å²) in [5.41, 5.74) is 7.65. The van der Waals surface area contributed by atoms with Crippen LogP contribution in [-0.2, 0) is 19.4 Å². The topological polar surface area (TPSA) is 29.5 Å². The van der Waals surface area contributed by atoms with Crippen molar-refractivity contribution < 1.29 is 9.53 Å². The van der Waals surface area contributed by atoms with Crippen molar-refractivity contribution in [1.82, 2.24) is 4.90 Å². The molecule has 0 saturated heterocycles. The smallest absolute Gasteiger partial charge is 0.255 e. The number of carbonyl (C=O) groups is 1. The average Bonchev–Trinajstić information content (AvgIpc) is 3.31.